The lowest BCUT2D eigenvalue weighted by Gasteiger charge is -2.06. The fraction of sp³-hybridized carbons (Fsp3) is 0.833. The van der Waals surface area contributed by atoms with E-state index in [2.05, 4.69) is 4.74 Å². The van der Waals surface area contributed by atoms with Gasteiger partial charge in [0.15, 0.2) is 0 Å². The van der Waals surface area contributed by atoms with Crippen molar-refractivity contribution >= 4 is 5.97 Å². The Morgan fingerprint density at radius 3 is 2.55 bits per heavy atom. The predicted molar refractivity (Wildman–Crippen MR) is 35.8 cm³/mol. The van der Waals surface area contributed by atoms with Crippen LogP contribution in [-0.4, -0.2) is 47.2 Å². The number of aliphatic hydroxyl groups is 3. The lowest BCUT2D eigenvalue weighted by molar-refractivity contribution is -0.148. The summed E-state index contributed by atoms with van der Waals surface area (Å²) >= 11 is 0. The molecule has 66 valence electrons. The molecule has 0 spiro atoms. The zero-order valence-electron chi connectivity index (χ0n) is 6.06. The van der Waals surface area contributed by atoms with Gasteiger partial charge in [-0.15, -0.1) is 0 Å². The van der Waals surface area contributed by atoms with Crippen LogP contribution in [0.15, 0.2) is 0 Å². The van der Waals surface area contributed by atoms with Crippen LogP contribution in [0.25, 0.3) is 0 Å². The summed E-state index contributed by atoms with van der Waals surface area (Å²) in [6.45, 7) is -0.935. The van der Waals surface area contributed by atoms with Crippen LogP contribution in [0.2, 0.25) is 0 Å². The maximum Gasteiger partial charge on any atom is 0.308 e. The molecule has 0 fully saturated rings. The summed E-state index contributed by atoms with van der Waals surface area (Å²) in [6.07, 6.45) is -1.12. The van der Waals surface area contributed by atoms with Crippen LogP contribution in [0.3, 0.4) is 0 Å². The molecule has 0 aromatic heterocycles. The van der Waals surface area contributed by atoms with Gasteiger partial charge in [-0.2, -0.15) is 0 Å². The number of aliphatic hydroxyl groups excluding tert-OH is 3. The minimum absolute atomic E-state index is 0.0852. The molecule has 0 rings (SSSR count). The van der Waals surface area contributed by atoms with Gasteiger partial charge in [0.05, 0.1) is 19.6 Å². The van der Waals surface area contributed by atoms with E-state index in [1.165, 1.54) is 0 Å². The highest BCUT2D eigenvalue weighted by atomic mass is 16.5. The van der Waals surface area contributed by atoms with Gasteiger partial charge in [0, 0.05) is 0 Å². The highest BCUT2D eigenvalue weighted by Crippen LogP contribution is 1.88. The molecule has 0 aliphatic heterocycles. The molecule has 11 heavy (non-hydrogen) atoms. The van der Waals surface area contributed by atoms with Crippen molar-refractivity contribution in [2.24, 2.45) is 0 Å². The summed E-state index contributed by atoms with van der Waals surface area (Å²) in [4.78, 5) is 10.5. The van der Waals surface area contributed by atoms with Gasteiger partial charge in [-0.3, -0.25) is 4.79 Å². The van der Waals surface area contributed by atoms with Crippen molar-refractivity contribution in [3.8, 4) is 0 Å². The van der Waals surface area contributed by atoms with Crippen molar-refractivity contribution in [1.29, 1.82) is 0 Å². The third-order valence-electron chi connectivity index (χ3n) is 0.963. The van der Waals surface area contributed by atoms with E-state index in [0.29, 0.717) is 0 Å². The molecule has 0 radical (unpaired) electrons. The second-order valence-corrected chi connectivity index (χ2v) is 1.99. The van der Waals surface area contributed by atoms with E-state index in [1.54, 1.807) is 0 Å². The van der Waals surface area contributed by atoms with Crippen molar-refractivity contribution in [2.45, 2.75) is 12.5 Å². The Morgan fingerprint density at radius 1 is 1.45 bits per heavy atom. The summed E-state index contributed by atoms with van der Waals surface area (Å²) < 4.78 is 4.43. The Kier molecular flexibility index (Phi) is 5.73. The average molecular weight is 164 g/mol. The largest absolute Gasteiger partial charge is 0.463 e. The third kappa shape index (κ3) is 5.78. The Hall–Kier alpha value is -0.650. The fourth-order valence-electron chi connectivity index (χ4n) is 0.405. The monoisotopic (exact) mass is 164 g/mol. The second kappa shape index (κ2) is 6.09. The van der Waals surface area contributed by atoms with E-state index in [1.807, 2.05) is 0 Å². The van der Waals surface area contributed by atoms with Gasteiger partial charge in [0.2, 0.25) is 0 Å². The number of carbonyl (C=O) groups is 1. The van der Waals surface area contributed by atoms with Crippen LogP contribution in [0.1, 0.15) is 6.42 Å². The van der Waals surface area contributed by atoms with Gasteiger partial charge in [-0.1, -0.05) is 0 Å². The number of carbonyl (C=O) groups excluding carboxylic acids is 1. The minimum Gasteiger partial charge on any atom is -0.463 e. The number of ether oxygens (including phenoxy) is 1. The molecule has 0 saturated carbocycles. The van der Waals surface area contributed by atoms with Gasteiger partial charge in [-0.25, -0.2) is 0 Å². The van der Waals surface area contributed by atoms with E-state index in [0.717, 1.165) is 0 Å². The van der Waals surface area contributed by atoms with E-state index in [4.69, 9.17) is 15.3 Å². The zero-order chi connectivity index (χ0) is 8.69. The number of hydrogen-bond donors (Lipinski definition) is 3. The highest BCUT2D eigenvalue weighted by molar-refractivity contribution is 5.69. The Balaban J connectivity index is 3.30. The van der Waals surface area contributed by atoms with Crippen molar-refractivity contribution in [3.63, 3.8) is 0 Å². The van der Waals surface area contributed by atoms with E-state index < -0.39 is 18.7 Å². The number of hydrogen-bond acceptors (Lipinski definition) is 5. The number of rotatable bonds is 5. The molecule has 1 unspecified atom stereocenters. The third-order valence-corrected chi connectivity index (χ3v) is 0.963. The first-order valence-corrected chi connectivity index (χ1v) is 3.26. The summed E-state index contributed by atoms with van der Waals surface area (Å²) in [5.41, 5.74) is 0. The van der Waals surface area contributed by atoms with Crippen molar-refractivity contribution in [1.82, 2.24) is 0 Å². The molecular weight excluding hydrogens is 152 g/mol. The summed E-state index contributed by atoms with van der Waals surface area (Å²) in [5.74, 6) is -0.583. The van der Waals surface area contributed by atoms with Crippen LogP contribution in [0.4, 0.5) is 0 Å². The molecular formula is C6H12O5. The summed E-state index contributed by atoms with van der Waals surface area (Å²) in [7, 11) is 0. The molecule has 3 N–H and O–H groups in total. The molecule has 0 bridgehead atoms. The zero-order valence-corrected chi connectivity index (χ0v) is 6.06. The normalized spacial score (nSPS) is 12.6. The SMILES string of the molecule is O=C(CCO)OCC(O)CO. The molecule has 0 heterocycles. The average Bonchev–Trinajstić information content (AvgIpc) is 2.01. The molecule has 0 saturated heterocycles. The van der Waals surface area contributed by atoms with Crippen molar-refractivity contribution in [2.75, 3.05) is 19.8 Å². The van der Waals surface area contributed by atoms with Gasteiger partial charge < -0.3 is 20.1 Å². The lowest BCUT2D eigenvalue weighted by Crippen LogP contribution is -2.22. The van der Waals surface area contributed by atoms with Crippen LogP contribution >= 0.6 is 0 Å². The van der Waals surface area contributed by atoms with E-state index >= 15 is 0 Å². The quantitative estimate of drug-likeness (QED) is 0.420. The second-order valence-electron chi connectivity index (χ2n) is 1.99. The van der Waals surface area contributed by atoms with Gasteiger partial charge in [0.1, 0.15) is 12.7 Å². The molecule has 1 atom stereocenters. The molecule has 0 amide bonds. The Bertz CT molecular complexity index is 114. The molecule has 0 aliphatic carbocycles. The van der Waals surface area contributed by atoms with Crippen molar-refractivity contribution < 1.29 is 24.9 Å². The van der Waals surface area contributed by atoms with Gasteiger partial charge >= 0.3 is 5.97 Å². The standard InChI is InChI=1S/C6H12O5/c7-2-1-6(10)11-4-5(9)3-8/h5,7-9H,1-4H2. The molecule has 5 heteroatoms. The van der Waals surface area contributed by atoms with Crippen LogP contribution in [0.5, 0.6) is 0 Å². The summed E-state index contributed by atoms with van der Waals surface area (Å²) in [5, 5.41) is 25.2. The van der Waals surface area contributed by atoms with Gasteiger partial charge in [-0.05, 0) is 0 Å². The van der Waals surface area contributed by atoms with Crippen LogP contribution in [-0.2, 0) is 9.53 Å². The maximum atomic E-state index is 10.5. The van der Waals surface area contributed by atoms with Crippen LogP contribution in [0, 0.1) is 0 Å². The molecule has 5 nitrogen and oxygen atoms in total. The first-order valence-electron chi connectivity index (χ1n) is 3.26. The smallest absolute Gasteiger partial charge is 0.308 e. The molecule has 0 aliphatic rings. The van der Waals surface area contributed by atoms with Crippen molar-refractivity contribution in [3.05, 3.63) is 0 Å². The maximum absolute atomic E-state index is 10.5. The minimum atomic E-state index is -1.03. The molecule has 0 aromatic carbocycles. The highest BCUT2D eigenvalue weighted by Gasteiger charge is 2.06. The fourth-order valence-corrected chi connectivity index (χ4v) is 0.405. The number of esters is 1. The van der Waals surface area contributed by atoms with Gasteiger partial charge in [0.25, 0.3) is 0 Å². The Labute approximate surface area is 64.2 Å². The lowest BCUT2D eigenvalue weighted by atomic mass is 10.4. The predicted octanol–water partition coefficient (Wildman–Crippen LogP) is -1.73. The summed E-state index contributed by atoms with van der Waals surface area (Å²) in [6, 6.07) is 0. The topological polar surface area (TPSA) is 87.0 Å². The van der Waals surface area contributed by atoms with Crippen LogP contribution < -0.4 is 0 Å². The Morgan fingerprint density at radius 2 is 2.09 bits per heavy atom. The van der Waals surface area contributed by atoms with E-state index in [-0.39, 0.29) is 19.6 Å². The first-order chi connectivity index (χ1) is 5.20. The first kappa shape index (κ1) is 10.3. The van der Waals surface area contributed by atoms with E-state index in [9.17, 15) is 4.79 Å². The molecule has 0 aromatic rings.